The highest BCUT2D eigenvalue weighted by Gasteiger charge is 2.09. The quantitative estimate of drug-likeness (QED) is 0.801. The molecule has 3 rings (SSSR count). The molecule has 124 valence electrons. The average molecular weight is 323 g/mol. The molecular formula is C19H21N3O2. The number of carbonyl (C=O) groups is 1. The van der Waals surface area contributed by atoms with Crippen LogP contribution in [0.1, 0.15) is 16.7 Å². The smallest absolute Gasteiger partial charge is 0.326 e. The van der Waals surface area contributed by atoms with Crippen LogP contribution in [0.5, 0.6) is 0 Å². The maximum absolute atomic E-state index is 12.2. The van der Waals surface area contributed by atoms with E-state index in [1.54, 1.807) is 23.6 Å². The van der Waals surface area contributed by atoms with Crippen LogP contribution in [-0.2, 0) is 17.8 Å². The summed E-state index contributed by atoms with van der Waals surface area (Å²) in [7, 11) is 3.50. The molecule has 0 unspecified atom stereocenters. The van der Waals surface area contributed by atoms with Gasteiger partial charge < -0.3 is 9.88 Å². The van der Waals surface area contributed by atoms with E-state index in [0.717, 1.165) is 27.7 Å². The van der Waals surface area contributed by atoms with Crippen LogP contribution in [0.2, 0.25) is 0 Å². The van der Waals surface area contributed by atoms with Crippen LogP contribution < -0.4 is 5.69 Å². The molecule has 2 aromatic carbocycles. The maximum atomic E-state index is 12.2. The molecule has 24 heavy (non-hydrogen) atoms. The van der Waals surface area contributed by atoms with E-state index < -0.39 is 0 Å². The summed E-state index contributed by atoms with van der Waals surface area (Å²) in [6.45, 7) is 2.52. The first-order valence-electron chi connectivity index (χ1n) is 7.91. The predicted octanol–water partition coefficient (Wildman–Crippen LogP) is 2.32. The van der Waals surface area contributed by atoms with E-state index in [2.05, 4.69) is 4.98 Å². The van der Waals surface area contributed by atoms with Crippen molar-refractivity contribution in [3.8, 4) is 0 Å². The number of hydrogen-bond donors (Lipinski definition) is 1. The molecule has 1 N–H and O–H groups in total. The predicted molar refractivity (Wildman–Crippen MR) is 95.2 cm³/mol. The zero-order chi connectivity index (χ0) is 17.3. The van der Waals surface area contributed by atoms with Gasteiger partial charge in [0.15, 0.2) is 0 Å². The Bertz CT molecular complexity index is 933. The third-order valence-electron chi connectivity index (χ3n) is 4.15. The minimum absolute atomic E-state index is 0.0751. The summed E-state index contributed by atoms with van der Waals surface area (Å²) in [6, 6.07) is 13.8. The number of aromatic nitrogens is 2. The Labute approximate surface area is 140 Å². The van der Waals surface area contributed by atoms with Gasteiger partial charge in [-0.05, 0) is 35.7 Å². The molecule has 0 bridgehead atoms. The molecule has 3 aromatic rings. The fourth-order valence-corrected chi connectivity index (χ4v) is 2.70. The number of likely N-dealkylation sites (N-methyl/N-ethyl adjacent to an activating group) is 1. The molecule has 1 amide bonds. The van der Waals surface area contributed by atoms with Crippen LogP contribution in [0.4, 0.5) is 0 Å². The molecular weight excluding hydrogens is 302 g/mol. The lowest BCUT2D eigenvalue weighted by Crippen LogP contribution is -2.23. The normalized spacial score (nSPS) is 11.0. The number of imidazole rings is 1. The summed E-state index contributed by atoms with van der Waals surface area (Å²) in [4.78, 5) is 28.4. The Balaban J connectivity index is 1.84. The standard InChI is InChI=1S/C19H21N3O2/c1-13-4-9-16-17(10-13)22(19(24)20-16)12-15-7-5-14(6-8-15)11-18(23)21(2)3/h4-10H,11-12H2,1-3H3,(H,20,24). The van der Waals surface area contributed by atoms with Crippen LogP contribution in [0.3, 0.4) is 0 Å². The molecule has 0 saturated carbocycles. The molecule has 0 aliphatic carbocycles. The third-order valence-corrected chi connectivity index (χ3v) is 4.15. The fourth-order valence-electron chi connectivity index (χ4n) is 2.70. The van der Waals surface area contributed by atoms with E-state index in [1.807, 2.05) is 49.4 Å². The zero-order valence-electron chi connectivity index (χ0n) is 14.2. The lowest BCUT2D eigenvalue weighted by atomic mass is 10.1. The second-order valence-corrected chi connectivity index (χ2v) is 6.32. The van der Waals surface area contributed by atoms with Crippen molar-refractivity contribution in [1.29, 1.82) is 0 Å². The topological polar surface area (TPSA) is 58.1 Å². The molecule has 0 atom stereocenters. The van der Waals surface area contributed by atoms with E-state index in [0.29, 0.717) is 13.0 Å². The Hall–Kier alpha value is -2.82. The number of carbonyl (C=O) groups excluding carboxylic acids is 1. The number of benzene rings is 2. The SMILES string of the molecule is Cc1ccc2[nH]c(=O)n(Cc3ccc(CC(=O)N(C)C)cc3)c2c1. The third kappa shape index (κ3) is 3.25. The lowest BCUT2D eigenvalue weighted by molar-refractivity contribution is -0.127. The van der Waals surface area contributed by atoms with Gasteiger partial charge in [-0.1, -0.05) is 30.3 Å². The summed E-state index contributed by atoms with van der Waals surface area (Å²) in [5.41, 5.74) is 4.76. The van der Waals surface area contributed by atoms with Gasteiger partial charge in [0.05, 0.1) is 24.0 Å². The highest BCUT2D eigenvalue weighted by atomic mass is 16.2. The second kappa shape index (κ2) is 6.35. The van der Waals surface area contributed by atoms with Crippen molar-refractivity contribution < 1.29 is 4.79 Å². The molecule has 0 radical (unpaired) electrons. The van der Waals surface area contributed by atoms with Gasteiger partial charge in [-0.15, -0.1) is 0 Å². The molecule has 5 heteroatoms. The van der Waals surface area contributed by atoms with Crippen LogP contribution >= 0.6 is 0 Å². The van der Waals surface area contributed by atoms with E-state index >= 15 is 0 Å². The number of aryl methyl sites for hydroxylation is 1. The Morgan fingerprint density at radius 3 is 2.42 bits per heavy atom. The molecule has 0 spiro atoms. The van der Waals surface area contributed by atoms with E-state index in [-0.39, 0.29) is 11.6 Å². The van der Waals surface area contributed by atoms with Crippen LogP contribution in [-0.4, -0.2) is 34.5 Å². The summed E-state index contributed by atoms with van der Waals surface area (Å²) in [6.07, 6.45) is 0.388. The number of hydrogen-bond acceptors (Lipinski definition) is 2. The van der Waals surface area contributed by atoms with Crippen molar-refractivity contribution >= 4 is 16.9 Å². The highest BCUT2D eigenvalue weighted by molar-refractivity contribution is 5.78. The first kappa shape index (κ1) is 16.1. The number of rotatable bonds is 4. The average Bonchev–Trinajstić information content (AvgIpc) is 2.84. The van der Waals surface area contributed by atoms with Gasteiger partial charge in [-0.2, -0.15) is 0 Å². The first-order chi connectivity index (χ1) is 11.4. The van der Waals surface area contributed by atoms with Crippen LogP contribution in [0.25, 0.3) is 11.0 Å². The molecule has 0 aliphatic rings. The van der Waals surface area contributed by atoms with Gasteiger partial charge in [-0.25, -0.2) is 4.79 Å². The molecule has 1 heterocycles. The van der Waals surface area contributed by atoms with Crippen LogP contribution in [0.15, 0.2) is 47.3 Å². The van der Waals surface area contributed by atoms with Crippen molar-refractivity contribution in [1.82, 2.24) is 14.5 Å². The van der Waals surface area contributed by atoms with Crippen molar-refractivity contribution in [3.63, 3.8) is 0 Å². The molecule has 1 aromatic heterocycles. The number of aromatic amines is 1. The number of H-pyrrole nitrogens is 1. The van der Waals surface area contributed by atoms with Gasteiger partial charge in [0.25, 0.3) is 0 Å². The van der Waals surface area contributed by atoms with Crippen molar-refractivity contribution in [2.24, 2.45) is 0 Å². The van der Waals surface area contributed by atoms with Gasteiger partial charge in [0, 0.05) is 14.1 Å². The first-order valence-corrected chi connectivity index (χ1v) is 7.91. The summed E-state index contributed by atoms with van der Waals surface area (Å²) < 4.78 is 1.74. The Morgan fingerprint density at radius 2 is 1.75 bits per heavy atom. The van der Waals surface area contributed by atoms with Crippen molar-refractivity contribution in [3.05, 3.63) is 69.6 Å². The minimum Gasteiger partial charge on any atom is -0.349 e. The highest BCUT2D eigenvalue weighted by Crippen LogP contribution is 2.14. The molecule has 0 aliphatic heterocycles. The number of fused-ring (bicyclic) bond motifs is 1. The number of amides is 1. The largest absolute Gasteiger partial charge is 0.349 e. The number of nitrogens with one attached hydrogen (secondary N) is 1. The van der Waals surface area contributed by atoms with Gasteiger partial charge >= 0.3 is 5.69 Å². The second-order valence-electron chi connectivity index (χ2n) is 6.32. The summed E-state index contributed by atoms with van der Waals surface area (Å²) >= 11 is 0. The van der Waals surface area contributed by atoms with Gasteiger partial charge in [0.2, 0.25) is 5.91 Å². The summed E-state index contributed by atoms with van der Waals surface area (Å²) in [5.74, 6) is 0.0751. The van der Waals surface area contributed by atoms with E-state index in [1.165, 1.54) is 0 Å². The minimum atomic E-state index is -0.109. The van der Waals surface area contributed by atoms with Crippen molar-refractivity contribution in [2.45, 2.75) is 19.9 Å². The Kier molecular flexibility index (Phi) is 4.25. The van der Waals surface area contributed by atoms with Crippen LogP contribution in [0, 0.1) is 6.92 Å². The van der Waals surface area contributed by atoms with Crippen molar-refractivity contribution in [2.75, 3.05) is 14.1 Å². The van der Waals surface area contributed by atoms with Gasteiger partial charge in [-0.3, -0.25) is 9.36 Å². The zero-order valence-corrected chi connectivity index (χ0v) is 14.2. The lowest BCUT2D eigenvalue weighted by Gasteiger charge is -2.10. The molecule has 0 saturated heterocycles. The monoisotopic (exact) mass is 323 g/mol. The maximum Gasteiger partial charge on any atom is 0.326 e. The summed E-state index contributed by atoms with van der Waals surface area (Å²) in [5, 5.41) is 0. The number of nitrogens with zero attached hydrogens (tertiary/aromatic N) is 2. The van der Waals surface area contributed by atoms with Gasteiger partial charge in [0.1, 0.15) is 0 Å². The fraction of sp³-hybridized carbons (Fsp3) is 0.263. The molecule has 5 nitrogen and oxygen atoms in total. The molecule has 0 fully saturated rings. The van der Waals surface area contributed by atoms with E-state index in [9.17, 15) is 9.59 Å². The Morgan fingerprint density at radius 1 is 1.08 bits per heavy atom. The van der Waals surface area contributed by atoms with E-state index in [4.69, 9.17) is 0 Å².